The molecule has 10 aromatic rings. The van der Waals surface area contributed by atoms with E-state index < -0.39 is 11.6 Å². The number of aliphatic imine (C=N–C) groups is 1. The van der Waals surface area contributed by atoms with Gasteiger partial charge in [0.25, 0.3) is 0 Å². The van der Waals surface area contributed by atoms with E-state index in [1.807, 2.05) is 30.5 Å². The third-order valence-electron chi connectivity index (χ3n) is 14.1. The van der Waals surface area contributed by atoms with Crippen LogP contribution in [-0.4, -0.2) is 6.21 Å². The number of rotatable bonds is 8. The molecule has 306 valence electrons. The maximum absolute atomic E-state index is 7.11. The second-order valence-electron chi connectivity index (χ2n) is 17.6. The molecule has 3 aliphatic carbocycles. The van der Waals surface area contributed by atoms with Crippen molar-refractivity contribution in [3.8, 4) is 66.8 Å². The van der Waals surface area contributed by atoms with Gasteiger partial charge in [-0.15, -0.1) is 0 Å². The molecule has 10 aromatic carbocycles. The summed E-state index contributed by atoms with van der Waals surface area (Å²) in [7, 11) is 0. The maximum atomic E-state index is 7.11. The monoisotopic (exact) mass is 829 g/mol. The average molecular weight is 830 g/mol. The highest BCUT2D eigenvalue weighted by Crippen LogP contribution is 2.66. The summed E-state index contributed by atoms with van der Waals surface area (Å²) in [5, 5.41) is 6.35. The minimum absolute atomic E-state index is 0.357. The molecule has 0 heterocycles. The zero-order valence-corrected chi connectivity index (χ0v) is 35.6. The van der Waals surface area contributed by atoms with Gasteiger partial charge in [0.2, 0.25) is 0 Å². The molecule has 0 aliphatic heterocycles. The van der Waals surface area contributed by atoms with E-state index in [9.17, 15) is 0 Å². The summed E-state index contributed by atoms with van der Waals surface area (Å²) in [6.45, 7) is 0. The first-order valence-electron chi connectivity index (χ1n) is 22.5. The van der Waals surface area contributed by atoms with E-state index in [0.29, 0.717) is 0 Å². The molecule has 0 fully saturated rings. The number of benzene rings is 10. The van der Waals surface area contributed by atoms with Crippen molar-refractivity contribution in [2.45, 2.75) is 17.7 Å². The number of nitrogens with two attached hydrogens (primary N) is 1. The van der Waals surface area contributed by atoms with Crippen LogP contribution >= 0.6 is 0 Å². The molecule has 3 N–H and O–H groups in total. The number of fused-ring (bicyclic) bond motifs is 14. The van der Waals surface area contributed by atoms with Gasteiger partial charge < -0.3 is 5.73 Å². The van der Waals surface area contributed by atoms with Gasteiger partial charge in [0, 0.05) is 6.21 Å². The molecule has 3 aliphatic rings. The van der Waals surface area contributed by atoms with Gasteiger partial charge in [0.15, 0.2) is 0 Å². The van der Waals surface area contributed by atoms with Gasteiger partial charge in [0.05, 0.1) is 11.6 Å². The van der Waals surface area contributed by atoms with E-state index in [0.717, 1.165) is 27.8 Å². The Morgan fingerprint density at radius 1 is 0.400 bits per heavy atom. The third kappa shape index (κ3) is 5.73. The van der Waals surface area contributed by atoms with Gasteiger partial charge in [-0.25, -0.2) is 0 Å². The number of nitrogens with zero attached hydrogens (tertiary/aromatic N) is 1. The number of hydrogen-bond acceptors (Lipinski definition) is 3. The van der Waals surface area contributed by atoms with Crippen LogP contribution < -0.4 is 11.1 Å². The van der Waals surface area contributed by atoms with Gasteiger partial charge in [-0.05, 0) is 135 Å². The standard InChI is InChI=1S/C62H43N3/c63-60(65-61(42-17-5-2-6-18-42)64-38-39-29-31-41(32-30-39)40-15-3-1-4-16-40)45-20-13-19-43(35-45)44-33-34-49-48-23-9-11-27-54(48)62(56(49)36-44)55-28-12-10-24-51(55)59-52-26-14-25-50-46-21-7-8-22-47(46)53(58(50)52)37-57(59)62/h1-38,60-61,65H,63H2/b64-38+. The topological polar surface area (TPSA) is 50.4 Å². The van der Waals surface area contributed by atoms with Crippen molar-refractivity contribution in [1.82, 2.24) is 5.32 Å². The summed E-state index contributed by atoms with van der Waals surface area (Å²) in [5.41, 5.74) is 30.2. The van der Waals surface area contributed by atoms with Crippen LogP contribution in [-0.2, 0) is 5.41 Å². The lowest BCUT2D eigenvalue weighted by atomic mass is 9.69. The molecule has 65 heavy (non-hydrogen) atoms. The second-order valence-corrected chi connectivity index (χ2v) is 17.6. The smallest absolute Gasteiger partial charge is 0.127 e. The van der Waals surface area contributed by atoms with E-state index in [1.54, 1.807) is 0 Å². The van der Waals surface area contributed by atoms with Crippen LogP contribution in [0.3, 0.4) is 0 Å². The quantitative estimate of drug-likeness (QED) is 0.118. The van der Waals surface area contributed by atoms with Crippen LogP contribution in [0.5, 0.6) is 0 Å². The minimum atomic E-state index is -0.496. The van der Waals surface area contributed by atoms with Gasteiger partial charge in [-0.3, -0.25) is 10.3 Å². The van der Waals surface area contributed by atoms with Crippen LogP contribution in [0.4, 0.5) is 0 Å². The average Bonchev–Trinajstić information content (AvgIpc) is 3.98. The van der Waals surface area contributed by atoms with E-state index in [-0.39, 0.29) is 6.17 Å². The van der Waals surface area contributed by atoms with Crippen molar-refractivity contribution in [2.75, 3.05) is 0 Å². The molecule has 0 saturated heterocycles. The summed E-state index contributed by atoms with van der Waals surface area (Å²) in [6, 6.07) is 81.7. The highest BCUT2D eigenvalue weighted by molar-refractivity contribution is 6.21. The maximum Gasteiger partial charge on any atom is 0.127 e. The minimum Gasteiger partial charge on any atom is -0.312 e. The third-order valence-corrected chi connectivity index (χ3v) is 14.1. The van der Waals surface area contributed by atoms with Crippen molar-refractivity contribution in [1.29, 1.82) is 0 Å². The molecule has 0 radical (unpaired) electrons. The van der Waals surface area contributed by atoms with Crippen molar-refractivity contribution in [3.05, 3.63) is 263 Å². The molecule has 13 rings (SSSR count). The first-order valence-corrected chi connectivity index (χ1v) is 22.5. The fourth-order valence-corrected chi connectivity index (χ4v) is 11.3. The van der Waals surface area contributed by atoms with E-state index in [1.165, 1.54) is 88.7 Å². The predicted octanol–water partition coefficient (Wildman–Crippen LogP) is 14.5. The molecule has 0 bridgehead atoms. The van der Waals surface area contributed by atoms with Crippen molar-refractivity contribution >= 4 is 17.0 Å². The Morgan fingerprint density at radius 2 is 0.954 bits per heavy atom. The first-order chi connectivity index (χ1) is 32.1. The fourth-order valence-electron chi connectivity index (χ4n) is 11.3. The van der Waals surface area contributed by atoms with E-state index >= 15 is 0 Å². The lowest BCUT2D eigenvalue weighted by Crippen LogP contribution is -2.31. The van der Waals surface area contributed by atoms with Crippen molar-refractivity contribution < 1.29 is 0 Å². The van der Waals surface area contributed by atoms with E-state index in [4.69, 9.17) is 10.7 Å². The summed E-state index contributed by atoms with van der Waals surface area (Å²) >= 11 is 0. The molecule has 1 spiro atoms. The van der Waals surface area contributed by atoms with Gasteiger partial charge in [-0.1, -0.05) is 206 Å². The number of nitrogens with one attached hydrogen (secondary N) is 1. The predicted molar refractivity (Wildman–Crippen MR) is 269 cm³/mol. The number of hydrogen-bond donors (Lipinski definition) is 2. The Bertz CT molecular complexity index is 3530. The lowest BCUT2D eigenvalue weighted by molar-refractivity contribution is 0.467. The molecule has 3 atom stereocenters. The summed E-state index contributed by atoms with van der Waals surface area (Å²) in [4.78, 5) is 5.08. The molecule has 0 amide bonds. The Morgan fingerprint density at radius 3 is 1.74 bits per heavy atom. The van der Waals surface area contributed by atoms with Gasteiger partial charge >= 0.3 is 0 Å². The molecule has 3 nitrogen and oxygen atoms in total. The van der Waals surface area contributed by atoms with Crippen LogP contribution in [0, 0.1) is 0 Å². The largest absolute Gasteiger partial charge is 0.312 e. The van der Waals surface area contributed by atoms with Crippen LogP contribution in [0.2, 0.25) is 0 Å². The zero-order chi connectivity index (χ0) is 43.1. The Hall–Kier alpha value is -7.95. The first kappa shape index (κ1) is 37.6. The summed E-state index contributed by atoms with van der Waals surface area (Å²) in [6.07, 6.45) is 1.10. The Balaban J connectivity index is 0.896. The molecule has 3 heteroatoms. The molecular formula is C62H43N3. The summed E-state index contributed by atoms with van der Waals surface area (Å²) in [5.74, 6) is 0. The van der Waals surface area contributed by atoms with Crippen LogP contribution in [0.15, 0.2) is 229 Å². The highest BCUT2D eigenvalue weighted by Gasteiger charge is 2.52. The van der Waals surface area contributed by atoms with Gasteiger partial charge in [-0.2, -0.15) is 0 Å². The van der Waals surface area contributed by atoms with Gasteiger partial charge in [0.1, 0.15) is 6.17 Å². The fraction of sp³-hybridized carbons (Fsp3) is 0.0484. The molecule has 0 aromatic heterocycles. The SMILES string of the molecule is NC(NC(/N=C/c1ccc(-c2ccccc2)cc1)c1ccccc1)c1cccc(-c2ccc3c(c2)C2(c4ccccc4-3)c3ccccc3-c3c2cc2c4c(cccc34)-c3ccccc3-2)c1. The highest BCUT2D eigenvalue weighted by atomic mass is 15.1. The van der Waals surface area contributed by atoms with Crippen molar-refractivity contribution in [3.63, 3.8) is 0 Å². The van der Waals surface area contributed by atoms with Crippen LogP contribution in [0.25, 0.3) is 77.5 Å². The Labute approximate surface area is 379 Å². The van der Waals surface area contributed by atoms with Crippen molar-refractivity contribution in [2.24, 2.45) is 10.7 Å². The normalized spacial score (nSPS) is 15.7. The summed E-state index contributed by atoms with van der Waals surface area (Å²) < 4.78 is 0. The molecular weight excluding hydrogens is 787 g/mol. The molecule has 0 saturated carbocycles. The van der Waals surface area contributed by atoms with E-state index in [2.05, 4.69) is 206 Å². The Kier molecular flexibility index (Phi) is 8.57. The molecule has 3 unspecified atom stereocenters. The lowest BCUT2D eigenvalue weighted by Gasteiger charge is -2.31. The van der Waals surface area contributed by atoms with Crippen LogP contribution in [0.1, 0.15) is 51.3 Å². The second kappa shape index (κ2) is 14.8. The zero-order valence-electron chi connectivity index (χ0n) is 35.6.